The van der Waals surface area contributed by atoms with Crippen molar-refractivity contribution in [2.45, 2.75) is 19.9 Å². The van der Waals surface area contributed by atoms with Crippen LogP contribution in [-0.2, 0) is 6.54 Å². The average molecular weight is 330 g/mol. The van der Waals surface area contributed by atoms with Crippen molar-refractivity contribution in [1.29, 1.82) is 5.26 Å². The molecular weight excluding hydrogens is 314 g/mol. The molecule has 24 heavy (non-hydrogen) atoms. The highest BCUT2D eigenvalue weighted by Crippen LogP contribution is 2.20. The third kappa shape index (κ3) is 4.78. The zero-order valence-corrected chi connectivity index (χ0v) is 13.1. The van der Waals surface area contributed by atoms with E-state index < -0.39 is 13.0 Å². The minimum Gasteiger partial charge on any atom is -0.488 e. The molecule has 0 aliphatic rings. The number of halogens is 2. The monoisotopic (exact) mass is 330 g/mol. The van der Waals surface area contributed by atoms with Gasteiger partial charge in [0.15, 0.2) is 5.78 Å². The Morgan fingerprint density at radius 2 is 2.08 bits per heavy atom. The van der Waals surface area contributed by atoms with Crippen molar-refractivity contribution in [3.8, 4) is 11.8 Å². The molecule has 0 aliphatic heterocycles. The number of nitrogens with one attached hydrogen (secondary N) is 1. The Morgan fingerprint density at radius 3 is 2.75 bits per heavy atom. The maximum atomic E-state index is 12.2. The van der Waals surface area contributed by atoms with Crippen LogP contribution in [0.2, 0.25) is 0 Å². The predicted molar refractivity (Wildman–Crippen MR) is 86.4 cm³/mol. The first kappa shape index (κ1) is 17.4. The number of rotatable bonds is 7. The Labute approximate surface area is 138 Å². The summed E-state index contributed by atoms with van der Waals surface area (Å²) in [5.74, 6) is 0.262. The van der Waals surface area contributed by atoms with Crippen LogP contribution in [0.5, 0.6) is 5.75 Å². The number of nitriles is 1. The van der Waals surface area contributed by atoms with Gasteiger partial charge < -0.3 is 10.1 Å². The summed E-state index contributed by atoms with van der Waals surface area (Å²) < 4.78 is 29.3. The molecule has 0 heterocycles. The number of hydrogen-bond acceptors (Lipinski definition) is 4. The van der Waals surface area contributed by atoms with Crippen molar-refractivity contribution in [2.75, 3.05) is 11.9 Å². The number of anilines is 1. The normalized spacial score (nSPS) is 10.3. The van der Waals surface area contributed by atoms with Gasteiger partial charge in [-0.3, -0.25) is 4.79 Å². The summed E-state index contributed by atoms with van der Waals surface area (Å²) in [6.07, 6.45) is -2.53. The fraction of sp³-hybridized carbons (Fsp3) is 0.222. The minimum absolute atomic E-state index is 0.0927. The second kappa shape index (κ2) is 8.06. The highest BCUT2D eigenvalue weighted by atomic mass is 19.3. The van der Waals surface area contributed by atoms with Crippen molar-refractivity contribution in [3.63, 3.8) is 0 Å². The number of alkyl halides is 2. The van der Waals surface area contributed by atoms with Gasteiger partial charge in [-0.25, -0.2) is 8.78 Å². The smallest absolute Gasteiger partial charge is 0.272 e. The largest absolute Gasteiger partial charge is 0.488 e. The molecule has 0 fully saturated rings. The Hall–Kier alpha value is -2.94. The van der Waals surface area contributed by atoms with Crippen LogP contribution in [-0.4, -0.2) is 18.8 Å². The topological polar surface area (TPSA) is 62.1 Å². The zero-order valence-electron chi connectivity index (χ0n) is 13.1. The lowest BCUT2D eigenvalue weighted by Crippen LogP contribution is -2.07. The zero-order chi connectivity index (χ0) is 17.5. The number of carbonyl (C=O) groups is 1. The lowest BCUT2D eigenvalue weighted by atomic mass is 10.1. The second-order valence-corrected chi connectivity index (χ2v) is 5.13. The molecular formula is C18H16F2N2O2. The van der Waals surface area contributed by atoms with E-state index in [-0.39, 0.29) is 5.78 Å². The number of nitrogens with zero attached hydrogens (tertiary/aromatic N) is 1. The van der Waals surface area contributed by atoms with Gasteiger partial charge in [0.05, 0.1) is 11.3 Å². The van der Waals surface area contributed by atoms with Crippen LogP contribution < -0.4 is 10.1 Å². The number of ketones is 1. The SMILES string of the molecule is CC(=O)c1ccc(C#N)c(NCc2cccc(OCC(F)F)c2)c1. The fourth-order valence-corrected chi connectivity index (χ4v) is 2.11. The molecule has 2 aromatic carbocycles. The average Bonchev–Trinajstić information content (AvgIpc) is 2.58. The molecule has 0 saturated carbocycles. The number of carbonyl (C=O) groups excluding carboxylic acids is 1. The fourth-order valence-electron chi connectivity index (χ4n) is 2.11. The van der Waals surface area contributed by atoms with Crippen molar-refractivity contribution in [1.82, 2.24) is 0 Å². The maximum Gasteiger partial charge on any atom is 0.272 e. The van der Waals surface area contributed by atoms with Crippen LogP contribution in [0.4, 0.5) is 14.5 Å². The van der Waals surface area contributed by atoms with Gasteiger partial charge in [0.2, 0.25) is 0 Å². The van der Waals surface area contributed by atoms with E-state index in [0.29, 0.717) is 29.1 Å². The van der Waals surface area contributed by atoms with E-state index in [0.717, 1.165) is 5.56 Å². The summed E-state index contributed by atoms with van der Waals surface area (Å²) in [6.45, 7) is 1.16. The number of hydrogen-bond donors (Lipinski definition) is 1. The molecule has 6 heteroatoms. The van der Waals surface area contributed by atoms with Crippen LogP contribution in [0.15, 0.2) is 42.5 Å². The number of ether oxygens (including phenoxy) is 1. The standard InChI is InChI=1S/C18H16F2N2O2/c1-12(23)14-5-6-15(9-21)17(8-14)22-10-13-3-2-4-16(7-13)24-11-18(19)20/h2-8,18,22H,10-11H2,1H3. The van der Waals surface area contributed by atoms with Crippen molar-refractivity contribution >= 4 is 11.5 Å². The van der Waals surface area contributed by atoms with E-state index in [1.807, 2.05) is 6.07 Å². The summed E-state index contributed by atoms with van der Waals surface area (Å²) >= 11 is 0. The number of Topliss-reactive ketones (excluding diaryl/α,β-unsaturated/α-hetero) is 1. The molecule has 2 aromatic rings. The molecule has 0 spiro atoms. The van der Waals surface area contributed by atoms with E-state index in [2.05, 4.69) is 11.4 Å². The van der Waals surface area contributed by atoms with Gasteiger partial charge in [-0.15, -0.1) is 0 Å². The van der Waals surface area contributed by atoms with Crippen LogP contribution in [0.1, 0.15) is 28.4 Å². The van der Waals surface area contributed by atoms with Crippen LogP contribution in [0, 0.1) is 11.3 Å². The van der Waals surface area contributed by atoms with Gasteiger partial charge in [0.1, 0.15) is 18.4 Å². The Balaban J connectivity index is 2.10. The Kier molecular flexibility index (Phi) is 5.85. The van der Waals surface area contributed by atoms with E-state index in [9.17, 15) is 13.6 Å². The molecule has 0 saturated heterocycles. The van der Waals surface area contributed by atoms with E-state index in [1.165, 1.54) is 6.92 Å². The van der Waals surface area contributed by atoms with Gasteiger partial charge in [0, 0.05) is 12.1 Å². The van der Waals surface area contributed by atoms with Crippen molar-refractivity contribution in [3.05, 3.63) is 59.2 Å². The molecule has 0 bridgehead atoms. The Morgan fingerprint density at radius 1 is 1.29 bits per heavy atom. The van der Waals surface area contributed by atoms with Gasteiger partial charge >= 0.3 is 0 Å². The molecule has 0 aliphatic carbocycles. The third-order valence-corrected chi connectivity index (χ3v) is 3.30. The molecule has 4 nitrogen and oxygen atoms in total. The molecule has 1 N–H and O–H groups in total. The van der Waals surface area contributed by atoms with Gasteiger partial charge in [0.25, 0.3) is 6.43 Å². The van der Waals surface area contributed by atoms with Gasteiger partial charge in [-0.1, -0.05) is 12.1 Å². The van der Waals surface area contributed by atoms with E-state index in [4.69, 9.17) is 10.00 Å². The van der Waals surface area contributed by atoms with Gasteiger partial charge in [-0.2, -0.15) is 5.26 Å². The summed E-state index contributed by atoms with van der Waals surface area (Å²) in [5.41, 5.74) is 2.28. The number of benzene rings is 2. The van der Waals surface area contributed by atoms with Crippen molar-refractivity contribution in [2.24, 2.45) is 0 Å². The summed E-state index contributed by atoms with van der Waals surface area (Å²) in [7, 11) is 0. The molecule has 2 rings (SSSR count). The van der Waals surface area contributed by atoms with Crippen LogP contribution in [0.25, 0.3) is 0 Å². The lowest BCUT2D eigenvalue weighted by molar-refractivity contribution is 0.0818. The minimum atomic E-state index is -2.53. The van der Waals surface area contributed by atoms with E-state index in [1.54, 1.807) is 36.4 Å². The quantitative estimate of drug-likeness (QED) is 0.779. The van der Waals surface area contributed by atoms with E-state index >= 15 is 0 Å². The molecule has 0 aromatic heterocycles. The van der Waals surface area contributed by atoms with Crippen LogP contribution in [0.3, 0.4) is 0 Å². The maximum absolute atomic E-state index is 12.2. The first-order valence-corrected chi connectivity index (χ1v) is 7.28. The predicted octanol–water partition coefficient (Wildman–Crippen LogP) is 4.02. The summed E-state index contributed by atoms with van der Waals surface area (Å²) in [4.78, 5) is 11.5. The second-order valence-electron chi connectivity index (χ2n) is 5.13. The molecule has 0 atom stereocenters. The first-order valence-electron chi connectivity index (χ1n) is 7.28. The lowest BCUT2D eigenvalue weighted by Gasteiger charge is -2.11. The Bertz CT molecular complexity index is 770. The molecule has 0 unspecified atom stereocenters. The van der Waals surface area contributed by atoms with Crippen molar-refractivity contribution < 1.29 is 18.3 Å². The first-order chi connectivity index (χ1) is 11.5. The summed E-state index contributed by atoms with van der Waals surface area (Å²) in [5, 5.41) is 12.2. The third-order valence-electron chi connectivity index (χ3n) is 3.30. The van der Waals surface area contributed by atoms with Crippen LogP contribution >= 0.6 is 0 Å². The van der Waals surface area contributed by atoms with Gasteiger partial charge in [-0.05, 0) is 42.8 Å². The highest BCUT2D eigenvalue weighted by Gasteiger charge is 2.07. The molecule has 124 valence electrons. The molecule has 0 radical (unpaired) electrons. The molecule has 0 amide bonds. The highest BCUT2D eigenvalue weighted by molar-refractivity contribution is 5.95. The summed E-state index contributed by atoms with van der Waals surface area (Å²) in [6, 6.07) is 13.6.